The van der Waals surface area contributed by atoms with Crippen molar-refractivity contribution in [2.75, 3.05) is 0 Å². The second-order valence-electron chi connectivity index (χ2n) is 5.34. The van der Waals surface area contributed by atoms with Gasteiger partial charge in [0, 0.05) is 0 Å². The molecule has 1 heterocycles. The second-order valence-corrected chi connectivity index (χ2v) is 6.15. The zero-order valence-electron chi connectivity index (χ0n) is 12.6. The number of rotatable bonds is 3. The van der Waals surface area contributed by atoms with Gasteiger partial charge in [-0.2, -0.15) is 0 Å². The van der Waals surface area contributed by atoms with E-state index in [1.165, 1.54) is 42.5 Å². The standard InChI is InChI=1S/C17H11Cl2FN2O3/c18-12-5-10(6-13(19)15(12)23)7-14-16(24)22(17(25)21-14)8-9-1-3-11(20)4-2-9/h1-7,23H,8H2,(H,21,25)/b14-7+. The van der Waals surface area contributed by atoms with Crippen LogP contribution in [-0.2, 0) is 11.3 Å². The zero-order chi connectivity index (χ0) is 18.1. The van der Waals surface area contributed by atoms with Crippen LogP contribution in [0.5, 0.6) is 5.75 Å². The number of phenols is 1. The quantitative estimate of drug-likeness (QED) is 0.625. The highest BCUT2D eigenvalue weighted by Crippen LogP contribution is 2.33. The van der Waals surface area contributed by atoms with Crippen LogP contribution in [0.4, 0.5) is 9.18 Å². The van der Waals surface area contributed by atoms with E-state index in [4.69, 9.17) is 23.2 Å². The number of imide groups is 1. The van der Waals surface area contributed by atoms with Gasteiger partial charge in [0.1, 0.15) is 11.5 Å². The molecule has 3 amide bonds. The van der Waals surface area contributed by atoms with Gasteiger partial charge in [0.15, 0.2) is 5.75 Å². The van der Waals surface area contributed by atoms with Crippen molar-refractivity contribution < 1.29 is 19.1 Å². The van der Waals surface area contributed by atoms with Gasteiger partial charge in [-0.05, 0) is 41.5 Å². The van der Waals surface area contributed by atoms with E-state index in [2.05, 4.69) is 5.32 Å². The van der Waals surface area contributed by atoms with Gasteiger partial charge in [0.2, 0.25) is 0 Å². The highest BCUT2D eigenvalue weighted by atomic mass is 35.5. The van der Waals surface area contributed by atoms with Gasteiger partial charge in [-0.15, -0.1) is 0 Å². The summed E-state index contributed by atoms with van der Waals surface area (Å²) in [6.07, 6.45) is 1.40. The Kier molecular flexibility index (Phi) is 4.65. The smallest absolute Gasteiger partial charge is 0.329 e. The van der Waals surface area contributed by atoms with Gasteiger partial charge in [-0.25, -0.2) is 9.18 Å². The van der Waals surface area contributed by atoms with E-state index in [0.717, 1.165) is 4.90 Å². The summed E-state index contributed by atoms with van der Waals surface area (Å²) in [7, 11) is 0. The lowest BCUT2D eigenvalue weighted by molar-refractivity contribution is -0.123. The Hall–Kier alpha value is -2.57. The summed E-state index contributed by atoms with van der Waals surface area (Å²) in [4.78, 5) is 25.4. The van der Waals surface area contributed by atoms with Crippen molar-refractivity contribution in [1.29, 1.82) is 0 Å². The Balaban J connectivity index is 1.84. The number of urea groups is 1. The highest BCUT2D eigenvalue weighted by molar-refractivity contribution is 6.37. The molecule has 2 aromatic rings. The molecule has 0 aliphatic carbocycles. The van der Waals surface area contributed by atoms with Gasteiger partial charge in [0.05, 0.1) is 16.6 Å². The molecule has 0 aromatic heterocycles. The molecule has 1 fully saturated rings. The molecule has 128 valence electrons. The Labute approximate surface area is 152 Å². The van der Waals surface area contributed by atoms with Gasteiger partial charge in [-0.1, -0.05) is 35.3 Å². The fourth-order valence-corrected chi connectivity index (χ4v) is 2.83. The summed E-state index contributed by atoms with van der Waals surface area (Å²) in [5.41, 5.74) is 1.10. The minimum absolute atomic E-state index is 0.0133. The number of nitrogens with one attached hydrogen (secondary N) is 1. The summed E-state index contributed by atoms with van der Waals surface area (Å²) in [5.74, 6) is -1.19. The zero-order valence-corrected chi connectivity index (χ0v) is 14.1. The molecular formula is C17H11Cl2FN2O3. The second kappa shape index (κ2) is 6.74. The summed E-state index contributed by atoms with van der Waals surface area (Å²) < 4.78 is 12.9. The first-order valence-corrected chi connectivity index (χ1v) is 7.88. The predicted octanol–water partition coefficient (Wildman–Crippen LogP) is 3.93. The lowest BCUT2D eigenvalue weighted by Gasteiger charge is -2.11. The third-order valence-electron chi connectivity index (χ3n) is 3.57. The molecule has 0 unspecified atom stereocenters. The van der Waals surface area contributed by atoms with Crippen molar-refractivity contribution >= 4 is 41.2 Å². The molecule has 1 aliphatic heterocycles. The maximum absolute atomic E-state index is 12.9. The van der Waals surface area contributed by atoms with Crippen LogP contribution in [0.1, 0.15) is 11.1 Å². The molecule has 0 radical (unpaired) electrons. The fourth-order valence-electron chi connectivity index (χ4n) is 2.32. The molecule has 2 N–H and O–H groups in total. The summed E-state index contributed by atoms with van der Waals surface area (Å²) in [6.45, 7) is 0.0133. The average molecular weight is 381 g/mol. The number of halogens is 3. The Morgan fingerprint density at radius 3 is 2.32 bits per heavy atom. The van der Waals surface area contributed by atoms with Crippen LogP contribution in [0.15, 0.2) is 42.1 Å². The molecule has 0 saturated carbocycles. The number of carbonyl (C=O) groups is 2. The lowest BCUT2D eigenvalue weighted by Crippen LogP contribution is -2.30. The molecular weight excluding hydrogens is 370 g/mol. The number of hydrogen-bond acceptors (Lipinski definition) is 3. The molecule has 0 spiro atoms. The van der Waals surface area contributed by atoms with Crippen molar-refractivity contribution in [2.24, 2.45) is 0 Å². The third kappa shape index (κ3) is 3.60. The van der Waals surface area contributed by atoms with Gasteiger partial charge >= 0.3 is 6.03 Å². The van der Waals surface area contributed by atoms with E-state index in [9.17, 15) is 19.1 Å². The Morgan fingerprint density at radius 1 is 1.12 bits per heavy atom. The molecule has 5 nitrogen and oxygen atoms in total. The van der Waals surface area contributed by atoms with Crippen LogP contribution in [0, 0.1) is 5.82 Å². The largest absolute Gasteiger partial charge is 0.505 e. The highest BCUT2D eigenvalue weighted by Gasteiger charge is 2.33. The lowest BCUT2D eigenvalue weighted by atomic mass is 10.1. The number of aromatic hydroxyl groups is 1. The number of phenolic OH excluding ortho intramolecular Hbond substituents is 1. The van der Waals surface area contributed by atoms with Crippen LogP contribution in [0.2, 0.25) is 10.0 Å². The molecule has 25 heavy (non-hydrogen) atoms. The number of hydrogen-bond donors (Lipinski definition) is 2. The molecule has 3 rings (SSSR count). The van der Waals surface area contributed by atoms with Gasteiger partial charge in [-0.3, -0.25) is 9.69 Å². The van der Waals surface area contributed by atoms with Crippen LogP contribution in [0.3, 0.4) is 0 Å². The molecule has 2 aromatic carbocycles. The molecule has 1 saturated heterocycles. The Morgan fingerprint density at radius 2 is 1.72 bits per heavy atom. The van der Waals surface area contributed by atoms with Crippen molar-refractivity contribution in [2.45, 2.75) is 6.54 Å². The van der Waals surface area contributed by atoms with Crippen molar-refractivity contribution in [3.05, 3.63) is 69.1 Å². The van der Waals surface area contributed by atoms with Crippen LogP contribution >= 0.6 is 23.2 Å². The number of carbonyl (C=O) groups excluding carboxylic acids is 2. The molecule has 8 heteroatoms. The van der Waals surface area contributed by atoms with Gasteiger partial charge < -0.3 is 10.4 Å². The van der Waals surface area contributed by atoms with E-state index in [1.54, 1.807) is 0 Å². The maximum atomic E-state index is 12.9. The first kappa shape index (κ1) is 17.3. The normalized spacial score (nSPS) is 15.8. The third-order valence-corrected chi connectivity index (χ3v) is 4.14. The summed E-state index contributed by atoms with van der Waals surface area (Å²) >= 11 is 11.7. The van der Waals surface area contributed by atoms with Crippen LogP contribution < -0.4 is 5.32 Å². The first-order chi connectivity index (χ1) is 11.8. The van der Waals surface area contributed by atoms with E-state index in [0.29, 0.717) is 11.1 Å². The van der Waals surface area contributed by atoms with Crippen LogP contribution in [0.25, 0.3) is 6.08 Å². The van der Waals surface area contributed by atoms with Gasteiger partial charge in [0.25, 0.3) is 5.91 Å². The summed E-state index contributed by atoms with van der Waals surface area (Å²) in [6, 6.07) is 7.75. The SMILES string of the molecule is O=C1N/C(=C/c2cc(Cl)c(O)c(Cl)c2)C(=O)N1Cc1ccc(F)cc1. The number of benzene rings is 2. The van der Waals surface area contributed by atoms with E-state index in [1.807, 2.05) is 0 Å². The maximum Gasteiger partial charge on any atom is 0.329 e. The average Bonchev–Trinajstić information content (AvgIpc) is 2.82. The minimum atomic E-state index is -0.587. The molecule has 0 atom stereocenters. The molecule has 1 aliphatic rings. The number of amides is 3. The summed E-state index contributed by atoms with van der Waals surface area (Å²) in [5, 5.41) is 12.1. The van der Waals surface area contributed by atoms with Crippen molar-refractivity contribution in [3.63, 3.8) is 0 Å². The number of nitrogens with zero attached hydrogens (tertiary/aromatic N) is 1. The fraction of sp³-hybridized carbons (Fsp3) is 0.0588. The van der Waals surface area contributed by atoms with E-state index < -0.39 is 17.8 Å². The van der Waals surface area contributed by atoms with E-state index in [-0.39, 0.29) is 28.0 Å². The predicted molar refractivity (Wildman–Crippen MR) is 91.6 cm³/mol. The first-order valence-electron chi connectivity index (χ1n) is 7.12. The monoisotopic (exact) mass is 380 g/mol. The topological polar surface area (TPSA) is 69.6 Å². The molecule has 0 bridgehead atoms. The minimum Gasteiger partial charge on any atom is -0.505 e. The van der Waals surface area contributed by atoms with E-state index >= 15 is 0 Å². The van der Waals surface area contributed by atoms with Crippen LogP contribution in [-0.4, -0.2) is 21.9 Å². The Bertz CT molecular complexity index is 874. The van der Waals surface area contributed by atoms with Crippen molar-refractivity contribution in [1.82, 2.24) is 10.2 Å². The van der Waals surface area contributed by atoms with Crippen molar-refractivity contribution in [3.8, 4) is 5.75 Å².